The standard InChI is InChI=1S/C18H20ClN/c19-16-9-7-14(8-10-16)12-18(13-20)11-3-5-15-4-1-2-6-17(15)18/h1-2,4,6-10H,3,5,11-13,20H2. The van der Waals surface area contributed by atoms with Crippen LogP contribution in [-0.2, 0) is 18.3 Å². The molecule has 2 N–H and O–H groups in total. The second kappa shape index (κ2) is 5.59. The van der Waals surface area contributed by atoms with E-state index in [-0.39, 0.29) is 5.41 Å². The van der Waals surface area contributed by atoms with Gasteiger partial charge in [-0.15, -0.1) is 0 Å². The first-order valence-corrected chi connectivity index (χ1v) is 7.64. The van der Waals surface area contributed by atoms with Gasteiger partial charge in [-0.25, -0.2) is 0 Å². The van der Waals surface area contributed by atoms with Crippen LogP contribution in [0.2, 0.25) is 5.02 Å². The molecule has 2 aromatic carbocycles. The summed E-state index contributed by atoms with van der Waals surface area (Å²) in [6.07, 6.45) is 4.57. The molecular weight excluding hydrogens is 266 g/mol. The zero-order chi connectivity index (χ0) is 14.0. The van der Waals surface area contributed by atoms with E-state index in [0.717, 1.165) is 11.4 Å². The van der Waals surface area contributed by atoms with Crippen LogP contribution in [0.25, 0.3) is 0 Å². The summed E-state index contributed by atoms with van der Waals surface area (Å²) in [4.78, 5) is 0. The first-order valence-electron chi connectivity index (χ1n) is 7.26. The maximum Gasteiger partial charge on any atom is 0.0406 e. The molecule has 3 rings (SSSR count). The second-order valence-corrected chi connectivity index (χ2v) is 6.23. The van der Waals surface area contributed by atoms with Crippen molar-refractivity contribution >= 4 is 11.6 Å². The smallest absolute Gasteiger partial charge is 0.0406 e. The second-order valence-electron chi connectivity index (χ2n) is 5.80. The van der Waals surface area contributed by atoms with Crippen molar-refractivity contribution in [2.45, 2.75) is 31.1 Å². The first kappa shape index (κ1) is 13.7. The Morgan fingerprint density at radius 2 is 1.80 bits per heavy atom. The number of halogens is 1. The number of rotatable bonds is 3. The molecular formula is C18H20ClN. The zero-order valence-electron chi connectivity index (χ0n) is 11.6. The van der Waals surface area contributed by atoms with Gasteiger partial charge in [-0.05, 0) is 54.5 Å². The highest BCUT2D eigenvalue weighted by atomic mass is 35.5. The number of nitrogens with two attached hydrogens (primary N) is 1. The maximum atomic E-state index is 6.20. The molecule has 0 aliphatic heterocycles. The molecule has 0 aromatic heterocycles. The van der Waals surface area contributed by atoms with E-state index < -0.39 is 0 Å². The van der Waals surface area contributed by atoms with Crippen molar-refractivity contribution in [3.8, 4) is 0 Å². The number of hydrogen-bond acceptors (Lipinski definition) is 1. The molecule has 0 heterocycles. The molecule has 0 spiro atoms. The molecule has 0 radical (unpaired) electrons. The number of aryl methyl sites for hydroxylation is 1. The van der Waals surface area contributed by atoms with E-state index in [9.17, 15) is 0 Å². The summed E-state index contributed by atoms with van der Waals surface area (Å²) in [6, 6.07) is 17.0. The lowest BCUT2D eigenvalue weighted by molar-refractivity contribution is 0.366. The number of hydrogen-bond donors (Lipinski definition) is 1. The number of benzene rings is 2. The average molecular weight is 286 g/mol. The van der Waals surface area contributed by atoms with Crippen molar-refractivity contribution in [2.75, 3.05) is 6.54 Å². The van der Waals surface area contributed by atoms with Crippen molar-refractivity contribution in [3.63, 3.8) is 0 Å². The van der Waals surface area contributed by atoms with Gasteiger partial charge in [0, 0.05) is 17.0 Å². The lowest BCUT2D eigenvalue weighted by Crippen LogP contribution is -2.40. The molecule has 1 atom stereocenters. The largest absolute Gasteiger partial charge is 0.330 e. The van der Waals surface area contributed by atoms with Crippen molar-refractivity contribution < 1.29 is 0 Å². The molecule has 20 heavy (non-hydrogen) atoms. The molecule has 1 aliphatic carbocycles. The molecule has 104 valence electrons. The predicted molar refractivity (Wildman–Crippen MR) is 85.3 cm³/mol. The topological polar surface area (TPSA) is 26.0 Å². The van der Waals surface area contributed by atoms with E-state index in [1.165, 1.54) is 36.0 Å². The molecule has 2 aromatic rings. The van der Waals surface area contributed by atoms with Crippen LogP contribution < -0.4 is 5.73 Å². The van der Waals surface area contributed by atoms with Crippen molar-refractivity contribution in [1.82, 2.24) is 0 Å². The minimum absolute atomic E-state index is 0.0860. The first-order chi connectivity index (χ1) is 9.73. The van der Waals surface area contributed by atoms with Gasteiger partial charge in [0.25, 0.3) is 0 Å². The third-order valence-corrected chi connectivity index (χ3v) is 4.79. The van der Waals surface area contributed by atoms with Crippen LogP contribution in [0.15, 0.2) is 48.5 Å². The molecule has 1 nitrogen and oxygen atoms in total. The van der Waals surface area contributed by atoms with Crippen LogP contribution in [0, 0.1) is 0 Å². The summed E-state index contributed by atoms with van der Waals surface area (Å²) in [7, 11) is 0. The molecule has 1 aliphatic rings. The summed E-state index contributed by atoms with van der Waals surface area (Å²) >= 11 is 5.98. The zero-order valence-corrected chi connectivity index (χ0v) is 12.4. The fourth-order valence-corrected chi connectivity index (χ4v) is 3.59. The van der Waals surface area contributed by atoms with Gasteiger partial charge in [0.1, 0.15) is 0 Å². The average Bonchev–Trinajstić information content (AvgIpc) is 2.50. The Kier molecular flexibility index (Phi) is 3.82. The van der Waals surface area contributed by atoms with Gasteiger partial charge < -0.3 is 5.73 Å². The van der Waals surface area contributed by atoms with E-state index in [0.29, 0.717) is 6.54 Å². The van der Waals surface area contributed by atoms with E-state index in [4.69, 9.17) is 17.3 Å². The Morgan fingerprint density at radius 1 is 1.05 bits per heavy atom. The molecule has 0 bridgehead atoms. The summed E-state index contributed by atoms with van der Waals surface area (Å²) in [5.41, 5.74) is 10.5. The van der Waals surface area contributed by atoms with Gasteiger partial charge in [0.2, 0.25) is 0 Å². The fraction of sp³-hybridized carbons (Fsp3) is 0.333. The van der Waals surface area contributed by atoms with E-state index in [1.807, 2.05) is 12.1 Å². The molecule has 1 unspecified atom stereocenters. The third-order valence-electron chi connectivity index (χ3n) is 4.54. The van der Waals surface area contributed by atoms with Gasteiger partial charge in [-0.3, -0.25) is 0 Å². The Labute approximate surface area is 125 Å². The molecule has 2 heteroatoms. The lowest BCUT2D eigenvalue weighted by Gasteiger charge is -2.38. The highest BCUT2D eigenvalue weighted by molar-refractivity contribution is 6.30. The van der Waals surface area contributed by atoms with E-state index in [2.05, 4.69) is 36.4 Å². The highest BCUT2D eigenvalue weighted by Gasteiger charge is 2.35. The van der Waals surface area contributed by atoms with Gasteiger partial charge in [0.05, 0.1) is 0 Å². The summed E-state index contributed by atoms with van der Waals surface area (Å²) in [6.45, 7) is 0.701. The van der Waals surface area contributed by atoms with Crippen LogP contribution in [0.1, 0.15) is 29.5 Å². The van der Waals surface area contributed by atoms with Crippen LogP contribution in [-0.4, -0.2) is 6.54 Å². The normalized spacial score (nSPS) is 21.5. The Balaban J connectivity index is 1.98. The summed E-state index contributed by atoms with van der Waals surface area (Å²) in [5, 5.41) is 0.791. The Hall–Kier alpha value is -1.31. The van der Waals surface area contributed by atoms with E-state index >= 15 is 0 Å². The van der Waals surface area contributed by atoms with Gasteiger partial charge in [-0.1, -0.05) is 48.0 Å². The third kappa shape index (κ3) is 2.48. The van der Waals surface area contributed by atoms with Crippen molar-refractivity contribution in [1.29, 1.82) is 0 Å². The van der Waals surface area contributed by atoms with Crippen molar-refractivity contribution in [3.05, 3.63) is 70.2 Å². The SMILES string of the molecule is NCC1(Cc2ccc(Cl)cc2)CCCc2ccccc21. The number of fused-ring (bicyclic) bond motifs is 1. The minimum Gasteiger partial charge on any atom is -0.330 e. The fourth-order valence-electron chi connectivity index (χ4n) is 3.47. The molecule has 0 saturated heterocycles. The van der Waals surface area contributed by atoms with Crippen LogP contribution in [0.3, 0.4) is 0 Å². The van der Waals surface area contributed by atoms with Gasteiger partial charge >= 0.3 is 0 Å². The van der Waals surface area contributed by atoms with Crippen LogP contribution >= 0.6 is 11.6 Å². The summed E-state index contributed by atoms with van der Waals surface area (Å²) < 4.78 is 0. The maximum absolute atomic E-state index is 6.20. The molecule has 0 amide bonds. The monoisotopic (exact) mass is 285 g/mol. The van der Waals surface area contributed by atoms with Crippen LogP contribution in [0.4, 0.5) is 0 Å². The minimum atomic E-state index is 0.0860. The van der Waals surface area contributed by atoms with Crippen LogP contribution in [0.5, 0.6) is 0 Å². The lowest BCUT2D eigenvalue weighted by atomic mass is 9.67. The molecule has 0 fully saturated rings. The Bertz CT molecular complexity index is 591. The Morgan fingerprint density at radius 3 is 2.55 bits per heavy atom. The highest BCUT2D eigenvalue weighted by Crippen LogP contribution is 2.39. The van der Waals surface area contributed by atoms with Crippen molar-refractivity contribution in [2.24, 2.45) is 5.73 Å². The quantitative estimate of drug-likeness (QED) is 0.902. The molecule has 0 saturated carbocycles. The summed E-state index contributed by atoms with van der Waals surface area (Å²) in [5.74, 6) is 0. The van der Waals surface area contributed by atoms with Gasteiger partial charge in [-0.2, -0.15) is 0 Å². The predicted octanol–water partition coefficient (Wildman–Crippen LogP) is 4.12. The van der Waals surface area contributed by atoms with Gasteiger partial charge in [0.15, 0.2) is 0 Å². The van der Waals surface area contributed by atoms with E-state index in [1.54, 1.807) is 0 Å².